The number of benzene rings is 1. The Bertz CT molecular complexity index is 546. The highest BCUT2D eigenvalue weighted by molar-refractivity contribution is 6.02. The van der Waals surface area contributed by atoms with Gasteiger partial charge < -0.3 is 10.1 Å². The van der Waals surface area contributed by atoms with Crippen LogP contribution >= 0.6 is 0 Å². The lowest BCUT2D eigenvalue weighted by Crippen LogP contribution is -2.16. The van der Waals surface area contributed by atoms with Crippen LogP contribution in [0.5, 0.6) is 0 Å². The molecule has 0 saturated carbocycles. The maximum absolute atomic E-state index is 11.7. The average molecular weight is 260 g/mol. The van der Waals surface area contributed by atoms with E-state index in [0.717, 1.165) is 0 Å². The normalized spacial score (nSPS) is 9.26. The number of Topliss-reactive ketones (excluding diaryl/α,β-unsaturated/α-hetero) is 1. The molecule has 0 aromatic heterocycles. The molecular weight excluding hydrogens is 248 g/mol. The lowest BCUT2D eigenvalue weighted by atomic mass is 10.1. The summed E-state index contributed by atoms with van der Waals surface area (Å²) < 4.78 is 4.77. The quantitative estimate of drug-likeness (QED) is 0.804. The van der Waals surface area contributed by atoms with E-state index in [1.54, 1.807) is 18.2 Å². The van der Waals surface area contributed by atoms with Gasteiger partial charge in [-0.05, 0) is 19.1 Å². The fourth-order valence-corrected chi connectivity index (χ4v) is 1.28. The third kappa shape index (κ3) is 4.60. The Kier molecular flexibility index (Phi) is 5.23. The highest BCUT2D eigenvalue weighted by Gasteiger charge is 2.14. The molecule has 0 radical (unpaired) electrons. The number of anilines is 1. The number of hydrogen-bond donors (Lipinski definition) is 1. The van der Waals surface area contributed by atoms with Crippen molar-refractivity contribution in [3.63, 3.8) is 0 Å². The van der Waals surface area contributed by atoms with Crippen LogP contribution in [0.1, 0.15) is 23.7 Å². The molecule has 1 aromatic carbocycles. The number of ketones is 1. The van der Waals surface area contributed by atoms with Gasteiger partial charge in [-0.2, -0.15) is 5.26 Å². The highest BCUT2D eigenvalue weighted by atomic mass is 16.5. The van der Waals surface area contributed by atoms with Crippen molar-refractivity contribution < 1.29 is 19.1 Å². The van der Waals surface area contributed by atoms with E-state index < -0.39 is 11.9 Å². The smallest absolute Gasteiger partial charge is 0.340 e. The molecule has 0 aliphatic heterocycles. The van der Waals surface area contributed by atoms with Gasteiger partial charge in [-0.1, -0.05) is 12.1 Å². The average Bonchev–Trinajstić information content (AvgIpc) is 2.36. The van der Waals surface area contributed by atoms with Crippen LogP contribution in [-0.2, 0) is 14.3 Å². The van der Waals surface area contributed by atoms with Crippen molar-refractivity contribution in [2.45, 2.75) is 13.3 Å². The Morgan fingerprint density at radius 2 is 2.00 bits per heavy atom. The van der Waals surface area contributed by atoms with Crippen LogP contribution in [0.3, 0.4) is 0 Å². The van der Waals surface area contributed by atoms with Crippen molar-refractivity contribution >= 4 is 23.3 Å². The third-order valence-corrected chi connectivity index (χ3v) is 2.07. The van der Waals surface area contributed by atoms with Crippen LogP contribution < -0.4 is 5.32 Å². The van der Waals surface area contributed by atoms with Crippen LogP contribution in [-0.4, -0.2) is 24.3 Å². The van der Waals surface area contributed by atoms with Crippen molar-refractivity contribution in [1.82, 2.24) is 0 Å². The molecule has 0 saturated heterocycles. The maximum Gasteiger partial charge on any atom is 0.340 e. The molecule has 0 unspecified atom stereocenters. The van der Waals surface area contributed by atoms with Gasteiger partial charge in [-0.3, -0.25) is 9.59 Å². The summed E-state index contributed by atoms with van der Waals surface area (Å²) in [6, 6.07) is 7.91. The Labute approximate surface area is 110 Å². The standard InChI is InChI=1S/C13H12N2O4/c1-9(16)8-19-13(18)10-4-2-3-5-11(10)15-12(17)6-7-14/h2-5H,6,8H2,1H3,(H,15,17). The fraction of sp³-hybridized carbons (Fsp3) is 0.231. The Hall–Kier alpha value is -2.68. The number of ether oxygens (including phenoxy) is 1. The fourth-order valence-electron chi connectivity index (χ4n) is 1.28. The third-order valence-electron chi connectivity index (χ3n) is 2.07. The lowest BCUT2D eigenvalue weighted by molar-refractivity contribution is -0.120. The molecule has 6 heteroatoms. The predicted molar refractivity (Wildman–Crippen MR) is 66.3 cm³/mol. The van der Waals surface area contributed by atoms with E-state index in [4.69, 9.17) is 10.00 Å². The monoisotopic (exact) mass is 260 g/mol. The number of hydrogen-bond acceptors (Lipinski definition) is 5. The molecule has 1 rings (SSSR count). The molecule has 19 heavy (non-hydrogen) atoms. The molecule has 0 fully saturated rings. The van der Waals surface area contributed by atoms with E-state index in [2.05, 4.69) is 5.32 Å². The summed E-state index contributed by atoms with van der Waals surface area (Å²) in [4.78, 5) is 33.8. The molecule has 6 nitrogen and oxygen atoms in total. The number of esters is 1. The highest BCUT2D eigenvalue weighted by Crippen LogP contribution is 2.16. The molecule has 0 heterocycles. The zero-order valence-electron chi connectivity index (χ0n) is 10.3. The van der Waals surface area contributed by atoms with Gasteiger partial charge in [0.25, 0.3) is 0 Å². The van der Waals surface area contributed by atoms with E-state index in [0.29, 0.717) is 0 Å². The number of nitrogens with zero attached hydrogens (tertiary/aromatic N) is 1. The molecule has 0 atom stereocenters. The zero-order chi connectivity index (χ0) is 14.3. The zero-order valence-corrected chi connectivity index (χ0v) is 10.3. The minimum Gasteiger partial charge on any atom is -0.454 e. The van der Waals surface area contributed by atoms with Crippen molar-refractivity contribution in [3.05, 3.63) is 29.8 Å². The predicted octanol–water partition coefficient (Wildman–Crippen LogP) is 1.28. The van der Waals surface area contributed by atoms with Crippen LogP contribution in [0.25, 0.3) is 0 Å². The van der Waals surface area contributed by atoms with Crippen LogP contribution in [0.2, 0.25) is 0 Å². The molecule has 1 amide bonds. The molecule has 1 N–H and O–H groups in total. The van der Waals surface area contributed by atoms with E-state index in [1.165, 1.54) is 19.1 Å². The van der Waals surface area contributed by atoms with Gasteiger partial charge in [0.1, 0.15) is 13.0 Å². The molecule has 0 aliphatic carbocycles. The summed E-state index contributed by atoms with van der Waals surface area (Å²) in [6.45, 7) is 0.979. The van der Waals surface area contributed by atoms with E-state index in [1.807, 2.05) is 0 Å². The maximum atomic E-state index is 11.7. The van der Waals surface area contributed by atoms with Crippen LogP contribution in [0.15, 0.2) is 24.3 Å². The number of amides is 1. The number of para-hydroxylation sites is 1. The summed E-state index contributed by atoms with van der Waals surface area (Å²) in [5.41, 5.74) is 0.381. The van der Waals surface area contributed by atoms with Gasteiger partial charge in [0.15, 0.2) is 5.78 Å². The minimum atomic E-state index is -0.706. The Morgan fingerprint density at radius 1 is 1.32 bits per heavy atom. The second kappa shape index (κ2) is 6.91. The van der Waals surface area contributed by atoms with Crippen LogP contribution in [0.4, 0.5) is 5.69 Å². The van der Waals surface area contributed by atoms with Crippen molar-refractivity contribution in [2.75, 3.05) is 11.9 Å². The molecule has 0 spiro atoms. The largest absolute Gasteiger partial charge is 0.454 e. The number of nitrogens with one attached hydrogen (secondary N) is 1. The van der Waals surface area contributed by atoms with Gasteiger partial charge in [0.2, 0.25) is 5.91 Å². The topological polar surface area (TPSA) is 96.3 Å². The second-order valence-electron chi connectivity index (χ2n) is 3.71. The summed E-state index contributed by atoms with van der Waals surface area (Å²) >= 11 is 0. The summed E-state index contributed by atoms with van der Waals surface area (Å²) in [5, 5.41) is 10.8. The SMILES string of the molecule is CC(=O)COC(=O)c1ccccc1NC(=O)CC#N. The van der Waals surface area contributed by atoms with E-state index in [9.17, 15) is 14.4 Å². The van der Waals surface area contributed by atoms with Gasteiger partial charge in [0.05, 0.1) is 17.3 Å². The number of nitriles is 1. The van der Waals surface area contributed by atoms with Crippen molar-refractivity contribution in [2.24, 2.45) is 0 Å². The second-order valence-corrected chi connectivity index (χ2v) is 3.71. The number of carbonyl (C=O) groups excluding carboxylic acids is 3. The van der Waals surface area contributed by atoms with Gasteiger partial charge >= 0.3 is 5.97 Å². The first kappa shape index (κ1) is 14.4. The molecular formula is C13H12N2O4. The molecule has 98 valence electrons. The summed E-state index contributed by atoms with van der Waals surface area (Å²) in [6.07, 6.45) is -0.309. The molecule has 1 aromatic rings. The van der Waals surface area contributed by atoms with Gasteiger partial charge in [-0.25, -0.2) is 4.79 Å². The van der Waals surface area contributed by atoms with E-state index >= 15 is 0 Å². The van der Waals surface area contributed by atoms with Crippen molar-refractivity contribution in [3.8, 4) is 6.07 Å². The first-order valence-corrected chi connectivity index (χ1v) is 5.47. The number of rotatable bonds is 5. The summed E-state index contributed by atoms with van der Waals surface area (Å²) in [5.74, 6) is -1.50. The number of carbonyl (C=O) groups is 3. The minimum absolute atomic E-state index is 0.134. The summed E-state index contributed by atoms with van der Waals surface area (Å²) in [7, 11) is 0. The Balaban J connectivity index is 2.83. The first-order chi connectivity index (χ1) is 9.04. The Morgan fingerprint density at radius 3 is 2.63 bits per heavy atom. The lowest BCUT2D eigenvalue weighted by Gasteiger charge is -2.09. The van der Waals surface area contributed by atoms with E-state index in [-0.39, 0.29) is 30.1 Å². The first-order valence-electron chi connectivity index (χ1n) is 5.47. The van der Waals surface area contributed by atoms with Gasteiger partial charge in [-0.15, -0.1) is 0 Å². The van der Waals surface area contributed by atoms with Crippen molar-refractivity contribution in [1.29, 1.82) is 5.26 Å². The van der Waals surface area contributed by atoms with Crippen LogP contribution in [0, 0.1) is 11.3 Å². The van der Waals surface area contributed by atoms with Gasteiger partial charge in [0, 0.05) is 0 Å². The molecule has 0 bridgehead atoms. The molecule has 0 aliphatic rings.